The van der Waals surface area contributed by atoms with Gasteiger partial charge in [0, 0.05) is 48.5 Å². The number of aromatic nitrogens is 3. The highest BCUT2D eigenvalue weighted by Gasteiger charge is 2.24. The number of pyridine rings is 1. The first-order chi connectivity index (χ1) is 12.9. The first-order valence-corrected chi connectivity index (χ1v) is 8.87. The monoisotopic (exact) mass is 374 g/mol. The lowest BCUT2D eigenvalue weighted by Crippen LogP contribution is -2.32. The van der Waals surface area contributed by atoms with Gasteiger partial charge in [-0.25, -0.2) is 4.98 Å². The average Bonchev–Trinajstić information content (AvgIpc) is 2.73. The second kappa shape index (κ2) is 7.33. The first kappa shape index (κ1) is 17.4. The maximum atomic E-state index is 4.97. The Bertz CT molecular complexity index is 1070. The molecule has 1 aliphatic rings. The zero-order valence-corrected chi connectivity index (χ0v) is 15.6. The van der Waals surface area contributed by atoms with Crippen LogP contribution in [0.15, 0.2) is 73.2 Å². The molecule has 134 valence electrons. The molecular formula is C22H19ClN4. The Morgan fingerprint density at radius 3 is 2.52 bits per heavy atom. The van der Waals surface area contributed by atoms with Crippen LogP contribution in [-0.4, -0.2) is 21.5 Å². The number of nitrogens with zero attached hydrogens (tertiary/aromatic N) is 4. The normalized spacial score (nSPS) is 13.1. The van der Waals surface area contributed by atoms with Gasteiger partial charge in [0.15, 0.2) is 0 Å². The molecule has 0 saturated carbocycles. The lowest BCUT2D eigenvalue weighted by atomic mass is 9.91. The molecule has 0 spiro atoms. The number of rotatable bonds is 2. The van der Waals surface area contributed by atoms with Gasteiger partial charge in [0.1, 0.15) is 5.82 Å². The highest BCUT2D eigenvalue weighted by molar-refractivity contribution is 5.96. The fourth-order valence-corrected chi connectivity index (χ4v) is 3.77. The van der Waals surface area contributed by atoms with Crippen LogP contribution in [0.4, 0.5) is 5.82 Å². The highest BCUT2D eigenvalue weighted by atomic mass is 35.5. The maximum absolute atomic E-state index is 4.97. The van der Waals surface area contributed by atoms with E-state index in [1.165, 1.54) is 27.8 Å². The Kier molecular flexibility index (Phi) is 4.73. The van der Waals surface area contributed by atoms with E-state index in [9.17, 15) is 0 Å². The summed E-state index contributed by atoms with van der Waals surface area (Å²) in [5.41, 5.74) is 6.09. The molecule has 5 heteroatoms. The molecule has 4 nitrogen and oxygen atoms in total. The van der Waals surface area contributed by atoms with E-state index in [1.807, 2.05) is 6.20 Å². The molecule has 0 fully saturated rings. The highest BCUT2D eigenvalue weighted by Crippen LogP contribution is 2.36. The van der Waals surface area contributed by atoms with Crippen molar-refractivity contribution in [1.29, 1.82) is 0 Å². The van der Waals surface area contributed by atoms with Gasteiger partial charge in [0.25, 0.3) is 0 Å². The topological polar surface area (TPSA) is 41.9 Å². The summed E-state index contributed by atoms with van der Waals surface area (Å²) in [7, 11) is 0. The Hall–Kier alpha value is -2.98. The van der Waals surface area contributed by atoms with Crippen LogP contribution in [0.25, 0.3) is 22.0 Å². The van der Waals surface area contributed by atoms with Crippen LogP contribution in [0.5, 0.6) is 0 Å². The molecule has 0 unspecified atom stereocenters. The second-order valence-electron chi connectivity index (χ2n) is 6.53. The number of fused-ring (bicyclic) bond motifs is 2. The molecule has 1 aliphatic heterocycles. The molecule has 0 saturated heterocycles. The van der Waals surface area contributed by atoms with Crippen molar-refractivity contribution in [1.82, 2.24) is 15.0 Å². The van der Waals surface area contributed by atoms with Crippen molar-refractivity contribution >= 4 is 29.1 Å². The largest absolute Gasteiger partial charge is 0.351 e. The number of para-hydroxylation sites is 1. The third-order valence-corrected chi connectivity index (χ3v) is 4.98. The molecule has 2 aromatic carbocycles. The third kappa shape index (κ3) is 3.13. The minimum atomic E-state index is 0. The Balaban J connectivity index is 0.00000180. The molecule has 5 rings (SSSR count). The summed E-state index contributed by atoms with van der Waals surface area (Å²) in [5.74, 6) is 0.922. The lowest BCUT2D eigenvalue weighted by molar-refractivity contribution is 0.706. The van der Waals surface area contributed by atoms with Gasteiger partial charge in [-0.05, 0) is 17.2 Å². The molecule has 0 radical (unpaired) electrons. The van der Waals surface area contributed by atoms with Gasteiger partial charge in [-0.3, -0.25) is 9.97 Å². The van der Waals surface area contributed by atoms with Gasteiger partial charge in [-0.2, -0.15) is 0 Å². The van der Waals surface area contributed by atoms with Crippen LogP contribution >= 0.6 is 12.4 Å². The second-order valence-corrected chi connectivity index (χ2v) is 6.53. The Labute approximate surface area is 164 Å². The van der Waals surface area contributed by atoms with E-state index in [0.29, 0.717) is 0 Å². The van der Waals surface area contributed by atoms with Crippen molar-refractivity contribution in [2.24, 2.45) is 0 Å². The van der Waals surface area contributed by atoms with Gasteiger partial charge in [0.05, 0.1) is 11.7 Å². The Morgan fingerprint density at radius 1 is 0.889 bits per heavy atom. The zero-order chi connectivity index (χ0) is 17.3. The van der Waals surface area contributed by atoms with Crippen molar-refractivity contribution in [3.8, 4) is 11.1 Å². The molecule has 0 aliphatic carbocycles. The molecule has 4 aromatic rings. The summed E-state index contributed by atoms with van der Waals surface area (Å²) in [4.78, 5) is 16.0. The van der Waals surface area contributed by atoms with Crippen molar-refractivity contribution in [3.63, 3.8) is 0 Å². The maximum Gasteiger partial charge on any atom is 0.147 e. The molecule has 2 aromatic heterocycles. The zero-order valence-electron chi connectivity index (χ0n) is 14.7. The Morgan fingerprint density at radius 2 is 1.70 bits per heavy atom. The van der Waals surface area contributed by atoms with Gasteiger partial charge < -0.3 is 4.90 Å². The number of halogens is 1. The summed E-state index contributed by atoms with van der Waals surface area (Å²) in [5, 5.41) is 1.21. The van der Waals surface area contributed by atoms with E-state index < -0.39 is 0 Å². The number of hydrogen-bond acceptors (Lipinski definition) is 4. The van der Waals surface area contributed by atoms with E-state index >= 15 is 0 Å². The number of hydrogen-bond donors (Lipinski definition) is 0. The average molecular weight is 375 g/mol. The standard InChI is InChI=1S/C22H18N4.ClH/c1-2-6-16(7-3-1)22-17-8-4-5-9-19(17)25-20-10-13-26(15-18(20)22)21-14-23-11-12-24-21;/h1-9,11-12,14H,10,13,15H2;1H. The molecule has 0 N–H and O–H groups in total. The van der Waals surface area contributed by atoms with Crippen LogP contribution in [0, 0.1) is 0 Å². The van der Waals surface area contributed by atoms with Crippen LogP contribution in [-0.2, 0) is 13.0 Å². The smallest absolute Gasteiger partial charge is 0.147 e. The fraction of sp³-hybridized carbons (Fsp3) is 0.136. The summed E-state index contributed by atoms with van der Waals surface area (Å²) >= 11 is 0. The van der Waals surface area contributed by atoms with Crippen LogP contribution in [0.3, 0.4) is 0 Å². The lowest BCUT2D eigenvalue weighted by Gasteiger charge is -2.31. The van der Waals surface area contributed by atoms with Crippen LogP contribution in [0.1, 0.15) is 11.3 Å². The molecule has 3 heterocycles. The van der Waals surface area contributed by atoms with Crippen LogP contribution < -0.4 is 4.90 Å². The molecule has 0 atom stereocenters. The SMILES string of the molecule is Cl.c1ccc(-c2c3c(nc4ccccc24)CCN(c2cnccn2)C3)cc1. The van der Waals surface area contributed by atoms with Crippen molar-refractivity contribution in [3.05, 3.63) is 84.4 Å². The minimum Gasteiger partial charge on any atom is -0.351 e. The minimum absolute atomic E-state index is 0. The van der Waals surface area contributed by atoms with Gasteiger partial charge in [0.2, 0.25) is 0 Å². The molecular weight excluding hydrogens is 356 g/mol. The predicted molar refractivity (Wildman–Crippen MR) is 111 cm³/mol. The van der Waals surface area contributed by atoms with E-state index in [-0.39, 0.29) is 12.4 Å². The van der Waals surface area contributed by atoms with Crippen LogP contribution in [0.2, 0.25) is 0 Å². The summed E-state index contributed by atoms with van der Waals surface area (Å²) in [6.07, 6.45) is 6.21. The van der Waals surface area contributed by atoms with E-state index in [0.717, 1.165) is 30.8 Å². The van der Waals surface area contributed by atoms with Gasteiger partial charge in [-0.1, -0.05) is 48.5 Å². The number of benzene rings is 2. The predicted octanol–water partition coefficient (Wildman–Crippen LogP) is 4.68. The van der Waals surface area contributed by atoms with E-state index in [2.05, 4.69) is 69.5 Å². The van der Waals surface area contributed by atoms with Crippen molar-refractivity contribution < 1.29 is 0 Å². The van der Waals surface area contributed by atoms with Crippen molar-refractivity contribution in [2.45, 2.75) is 13.0 Å². The van der Waals surface area contributed by atoms with E-state index in [1.54, 1.807) is 12.4 Å². The van der Waals surface area contributed by atoms with Crippen molar-refractivity contribution in [2.75, 3.05) is 11.4 Å². The molecule has 0 bridgehead atoms. The summed E-state index contributed by atoms with van der Waals surface area (Å²) in [6, 6.07) is 19.1. The quantitative estimate of drug-likeness (QED) is 0.511. The summed E-state index contributed by atoms with van der Waals surface area (Å²) in [6.45, 7) is 1.71. The van der Waals surface area contributed by atoms with Gasteiger partial charge >= 0.3 is 0 Å². The van der Waals surface area contributed by atoms with E-state index in [4.69, 9.17) is 4.98 Å². The molecule has 27 heavy (non-hydrogen) atoms. The molecule has 0 amide bonds. The number of anilines is 1. The third-order valence-electron chi connectivity index (χ3n) is 4.98. The fourth-order valence-electron chi connectivity index (χ4n) is 3.77. The first-order valence-electron chi connectivity index (χ1n) is 8.87. The summed E-state index contributed by atoms with van der Waals surface area (Å²) < 4.78 is 0. The van der Waals surface area contributed by atoms with Gasteiger partial charge in [-0.15, -0.1) is 12.4 Å².